The smallest absolute Gasteiger partial charge is 0.244 e. The fourth-order valence-electron chi connectivity index (χ4n) is 0.447. The van der Waals surface area contributed by atoms with E-state index in [4.69, 9.17) is 0 Å². The van der Waals surface area contributed by atoms with Gasteiger partial charge in [0, 0.05) is 10.7 Å². The predicted molar refractivity (Wildman–Crippen MR) is 30.6 cm³/mol. The van der Waals surface area contributed by atoms with Crippen molar-refractivity contribution in [3.63, 3.8) is 0 Å². The first-order chi connectivity index (χ1) is 5.30. The normalized spacial score (nSPS) is 16.6. The third-order valence-corrected chi connectivity index (χ3v) is 1.33. The van der Waals surface area contributed by atoms with Crippen molar-refractivity contribution in [3.05, 3.63) is 0 Å². The lowest BCUT2D eigenvalue weighted by atomic mass is 10.0. The molecule has 12 heavy (non-hydrogen) atoms. The van der Waals surface area contributed by atoms with Crippen LogP contribution in [0.1, 0.15) is 6.92 Å². The van der Waals surface area contributed by atoms with Gasteiger partial charge in [-0.15, -0.1) is 17.9 Å². The lowest BCUT2D eigenvalue weighted by molar-refractivity contribution is -0.256. The highest BCUT2D eigenvalue weighted by Crippen LogP contribution is 2.17. The second-order valence-corrected chi connectivity index (χ2v) is 2.33. The maximum Gasteiger partial charge on any atom is 0.244 e. The van der Waals surface area contributed by atoms with Crippen LogP contribution in [0.25, 0.3) is 0 Å². The molecule has 0 saturated heterocycles. The Hall–Kier alpha value is -0.890. The Morgan fingerprint density at radius 2 is 1.83 bits per heavy atom. The zero-order valence-electron chi connectivity index (χ0n) is 6.10. The molecule has 0 aromatic carbocycles. The van der Waals surface area contributed by atoms with E-state index in [2.05, 4.69) is 5.73 Å². The number of carbonyl (C=O) groups is 1. The van der Waals surface area contributed by atoms with Gasteiger partial charge in [-0.1, -0.05) is 0 Å². The molecule has 0 aliphatic heterocycles. The Labute approximate surface area is 65.3 Å². The van der Waals surface area contributed by atoms with Gasteiger partial charge in [0.2, 0.25) is 5.91 Å². The van der Waals surface area contributed by atoms with Gasteiger partial charge >= 0.3 is 0 Å². The first-order valence-corrected chi connectivity index (χ1v) is 2.81. The molecule has 0 aliphatic rings. The van der Waals surface area contributed by atoms with E-state index in [-0.39, 0.29) is 0 Å². The van der Waals surface area contributed by atoms with Crippen molar-refractivity contribution in [3.8, 4) is 0 Å². The van der Waals surface area contributed by atoms with Gasteiger partial charge < -0.3 is 5.73 Å². The van der Waals surface area contributed by atoms with Crippen molar-refractivity contribution in [1.29, 1.82) is 0 Å². The molecule has 0 rings (SSSR count). The Morgan fingerprint density at radius 3 is 1.92 bits per heavy atom. The molecule has 8 heteroatoms. The topological polar surface area (TPSA) is 49.6 Å². The molecule has 0 heterocycles. The highest BCUT2D eigenvalue weighted by Gasteiger charge is 2.42. The minimum atomic E-state index is -2.66. The van der Waals surface area contributed by atoms with Gasteiger partial charge in [-0.25, -0.2) is 0 Å². The number of hydrogen-bond acceptors (Lipinski definition) is 3. The maximum atomic E-state index is 11.9. The van der Waals surface area contributed by atoms with E-state index in [9.17, 15) is 22.7 Å². The van der Waals surface area contributed by atoms with Crippen molar-refractivity contribution < 1.29 is 22.7 Å². The number of primary amides is 1. The van der Waals surface area contributed by atoms with Gasteiger partial charge in [0.25, 0.3) is 0 Å². The van der Waals surface area contributed by atoms with Gasteiger partial charge in [-0.2, -0.15) is 0 Å². The molecule has 0 aromatic rings. The van der Waals surface area contributed by atoms with Crippen LogP contribution >= 0.6 is 0 Å². The number of carbonyl (C=O) groups excluding carboxylic acids is 1. The number of rotatable bonds is 4. The zero-order chi connectivity index (χ0) is 9.94. The molecule has 0 aliphatic carbocycles. The van der Waals surface area contributed by atoms with Crippen LogP contribution in [0, 0.1) is 0 Å². The van der Waals surface area contributed by atoms with Crippen LogP contribution in [0.4, 0.5) is 17.9 Å². The Balaban J connectivity index is 4.51. The fourth-order valence-corrected chi connectivity index (χ4v) is 0.447. The lowest BCUT2D eigenvalue weighted by Gasteiger charge is -2.24. The van der Waals surface area contributed by atoms with E-state index in [1.54, 1.807) is 0 Å². The minimum Gasteiger partial charge on any atom is -0.368 e. The average Bonchev–Trinajstić information content (AvgIpc) is 1.84. The van der Waals surface area contributed by atoms with E-state index in [1.165, 1.54) is 0 Å². The van der Waals surface area contributed by atoms with Crippen molar-refractivity contribution >= 4 is 5.91 Å². The minimum absolute atomic E-state index is 0.613. The number of nitrogens with two attached hydrogens (primary N) is 1. The summed E-state index contributed by atoms with van der Waals surface area (Å²) in [5, 5.41) is -3.17. The summed E-state index contributed by atoms with van der Waals surface area (Å²) in [4.78, 5) is 10.3. The summed E-state index contributed by atoms with van der Waals surface area (Å²) >= 11 is 0. The standard InChI is InChI=1S/C4H7F4N3O/c1-4(3(9)12,11(7)8)2-10(5)6/h2H2,1H3,(H2,9,12). The van der Waals surface area contributed by atoms with Crippen LogP contribution in [0.3, 0.4) is 0 Å². The largest absolute Gasteiger partial charge is 0.368 e. The van der Waals surface area contributed by atoms with Crippen molar-refractivity contribution in [2.75, 3.05) is 6.54 Å². The molecule has 1 unspecified atom stereocenters. The summed E-state index contributed by atoms with van der Waals surface area (Å²) < 4.78 is 46.8. The number of hydrogen-bond donors (Lipinski definition) is 1. The van der Waals surface area contributed by atoms with Gasteiger partial charge in [0.1, 0.15) is 0 Å². The van der Waals surface area contributed by atoms with Crippen molar-refractivity contribution in [2.45, 2.75) is 12.5 Å². The highest BCUT2D eigenvalue weighted by molar-refractivity contribution is 5.84. The van der Waals surface area contributed by atoms with Gasteiger partial charge in [-0.3, -0.25) is 4.79 Å². The number of nitrogens with zero attached hydrogens (tertiary/aromatic N) is 2. The predicted octanol–water partition coefficient (Wildman–Crippen LogP) is 0.372. The van der Waals surface area contributed by atoms with Crippen LogP contribution in [0.2, 0.25) is 0 Å². The molecule has 1 amide bonds. The second kappa shape index (κ2) is 3.68. The van der Waals surface area contributed by atoms with Crippen molar-refractivity contribution in [2.24, 2.45) is 5.73 Å². The highest BCUT2D eigenvalue weighted by atomic mass is 19.4. The molecular weight excluding hydrogens is 182 g/mol. The monoisotopic (exact) mass is 189 g/mol. The van der Waals surface area contributed by atoms with Crippen LogP contribution < -0.4 is 5.73 Å². The molecule has 72 valence electrons. The summed E-state index contributed by atoms with van der Waals surface area (Å²) in [6.45, 7) is -0.836. The van der Waals surface area contributed by atoms with Gasteiger partial charge in [0.15, 0.2) is 5.54 Å². The molecule has 2 N–H and O–H groups in total. The fraction of sp³-hybridized carbons (Fsp3) is 0.750. The Morgan fingerprint density at radius 1 is 1.42 bits per heavy atom. The van der Waals surface area contributed by atoms with Crippen LogP contribution in [-0.2, 0) is 4.79 Å². The lowest BCUT2D eigenvalue weighted by Crippen LogP contribution is -2.54. The average molecular weight is 189 g/mol. The molecular formula is C4H7F4N3O. The van der Waals surface area contributed by atoms with Gasteiger partial charge in [0.05, 0.1) is 6.54 Å². The van der Waals surface area contributed by atoms with Crippen LogP contribution in [-0.4, -0.2) is 28.7 Å². The molecule has 1 atom stereocenters. The third-order valence-electron chi connectivity index (χ3n) is 1.33. The molecule has 0 bridgehead atoms. The molecule has 0 radical (unpaired) electrons. The summed E-state index contributed by atoms with van der Waals surface area (Å²) in [5.41, 5.74) is 1.84. The number of halogens is 4. The molecule has 0 saturated carbocycles. The molecule has 0 fully saturated rings. The summed E-state index contributed by atoms with van der Waals surface area (Å²) in [6, 6.07) is 0. The van der Waals surface area contributed by atoms with Crippen LogP contribution in [0.5, 0.6) is 0 Å². The van der Waals surface area contributed by atoms with Crippen LogP contribution in [0.15, 0.2) is 0 Å². The maximum absolute atomic E-state index is 11.9. The third kappa shape index (κ3) is 2.31. The SMILES string of the molecule is CC(CN(F)F)(C(N)=O)N(F)F. The number of amides is 1. The Bertz CT molecular complexity index is 176. The molecule has 4 nitrogen and oxygen atoms in total. The Kier molecular flexibility index (Phi) is 3.40. The van der Waals surface area contributed by atoms with E-state index < -0.39 is 28.7 Å². The van der Waals surface area contributed by atoms with E-state index in [0.29, 0.717) is 6.92 Å². The van der Waals surface area contributed by atoms with E-state index in [1.807, 2.05) is 0 Å². The summed E-state index contributed by atoms with van der Waals surface area (Å²) in [5.74, 6) is -1.52. The summed E-state index contributed by atoms with van der Waals surface area (Å²) in [6.07, 6.45) is 0. The molecule has 0 aromatic heterocycles. The van der Waals surface area contributed by atoms with E-state index in [0.717, 1.165) is 0 Å². The van der Waals surface area contributed by atoms with E-state index >= 15 is 0 Å². The summed E-state index contributed by atoms with van der Waals surface area (Å²) in [7, 11) is 0. The quantitative estimate of drug-likeness (QED) is 0.513. The zero-order valence-corrected chi connectivity index (χ0v) is 6.10. The molecule has 0 spiro atoms. The first kappa shape index (κ1) is 11.1. The second-order valence-electron chi connectivity index (χ2n) is 2.33. The van der Waals surface area contributed by atoms with Gasteiger partial charge in [-0.05, 0) is 6.92 Å². The first-order valence-electron chi connectivity index (χ1n) is 2.81. The van der Waals surface area contributed by atoms with Crippen molar-refractivity contribution in [1.82, 2.24) is 10.7 Å².